The highest BCUT2D eigenvalue weighted by Gasteiger charge is 2.17. The van der Waals surface area contributed by atoms with E-state index < -0.39 is 10.0 Å². The number of hydrogen-bond donors (Lipinski definition) is 2. The average Bonchev–Trinajstić information content (AvgIpc) is 2.17. The van der Waals surface area contributed by atoms with E-state index in [9.17, 15) is 8.42 Å². The van der Waals surface area contributed by atoms with E-state index in [1.165, 1.54) is 0 Å². The summed E-state index contributed by atoms with van der Waals surface area (Å²) < 4.78 is 30.7. The van der Waals surface area contributed by atoms with Crippen molar-refractivity contribution in [3.05, 3.63) is 0 Å². The summed E-state index contributed by atoms with van der Waals surface area (Å²) in [6.07, 6.45) is 0. The van der Waals surface area contributed by atoms with Gasteiger partial charge >= 0.3 is 0 Å². The summed E-state index contributed by atoms with van der Waals surface area (Å²) in [5.41, 5.74) is 5.23. The molecule has 96 valence electrons. The van der Waals surface area contributed by atoms with Crippen molar-refractivity contribution >= 4 is 10.0 Å². The summed E-state index contributed by atoms with van der Waals surface area (Å²) >= 11 is 0. The molecular weight excluding hydrogens is 230 g/mol. The smallest absolute Gasteiger partial charge is 0.213 e. The van der Waals surface area contributed by atoms with E-state index in [0.29, 0.717) is 6.54 Å². The van der Waals surface area contributed by atoms with Crippen molar-refractivity contribution in [1.29, 1.82) is 0 Å². The van der Waals surface area contributed by atoms with Gasteiger partial charge in [-0.15, -0.1) is 0 Å². The van der Waals surface area contributed by atoms with Crippen molar-refractivity contribution in [2.24, 2.45) is 5.73 Å². The first-order chi connectivity index (χ1) is 7.53. The van der Waals surface area contributed by atoms with Gasteiger partial charge in [0.25, 0.3) is 0 Å². The molecule has 1 fully saturated rings. The van der Waals surface area contributed by atoms with Crippen LogP contribution >= 0.6 is 0 Å². The summed E-state index contributed by atoms with van der Waals surface area (Å²) in [6, 6.07) is -0.0883. The molecule has 1 atom stereocenters. The second kappa shape index (κ2) is 6.51. The molecule has 6 nitrogen and oxygen atoms in total. The summed E-state index contributed by atoms with van der Waals surface area (Å²) in [5, 5.41) is 0. The van der Waals surface area contributed by atoms with Gasteiger partial charge in [-0.3, -0.25) is 4.90 Å². The maximum absolute atomic E-state index is 11.4. The van der Waals surface area contributed by atoms with Crippen molar-refractivity contribution in [2.45, 2.75) is 13.0 Å². The average molecular weight is 251 g/mol. The lowest BCUT2D eigenvalue weighted by Gasteiger charge is -2.29. The van der Waals surface area contributed by atoms with E-state index in [-0.39, 0.29) is 18.3 Å². The Morgan fingerprint density at radius 1 is 1.44 bits per heavy atom. The van der Waals surface area contributed by atoms with Gasteiger partial charge in [0.05, 0.1) is 19.0 Å². The fourth-order valence-electron chi connectivity index (χ4n) is 1.73. The second-order valence-electron chi connectivity index (χ2n) is 4.04. The van der Waals surface area contributed by atoms with Crippen LogP contribution in [-0.4, -0.2) is 64.5 Å². The second-order valence-corrected chi connectivity index (χ2v) is 5.91. The number of nitrogens with zero attached hydrogens (tertiary/aromatic N) is 1. The van der Waals surface area contributed by atoms with Crippen LogP contribution in [-0.2, 0) is 14.8 Å². The standard InChI is InChI=1S/C9H21N3O3S/c1-9(11-16(13,14)7-2-10)8-12-3-5-15-6-4-12/h9,11H,2-8,10H2,1H3. The van der Waals surface area contributed by atoms with Gasteiger partial charge in [0.1, 0.15) is 0 Å². The van der Waals surface area contributed by atoms with Crippen LogP contribution in [0.15, 0.2) is 0 Å². The molecule has 0 aliphatic carbocycles. The van der Waals surface area contributed by atoms with E-state index in [2.05, 4.69) is 9.62 Å². The lowest BCUT2D eigenvalue weighted by molar-refractivity contribution is 0.0354. The number of morpholine rings is 1. The molecule has 7 heteroatoms. The minimum atomic E-state index is -3.21. The topological polar surface area (TPSA) is 84.7 Å². The molecule has 0 saturated carbocycles. The number of hydrogen-bond acceptors (Lipinski definition) is 5. The molecule has 3 N–H and O–H groups in total. The van der Waals surface area contributed by atoms with E-state index >= 15 is 0 Å². The van der Waals surface area contributed by atoms with Gasteiger partial charge in [-0.25, -0.2) is 13.1 Å². The lowest BCUT2D eigenvalue weighted by Crippen LogP contribution is -2.46. The van der Waals surface area contributed by atoms with Crippen molar-refractivity contribution in [3.63, 3.8) is 0 Å². The molecule has 1 saturated heterocycles. The first kappa shape index (κ1) is 13.9. The maximum Gasteiger partial charge on any atom is 0.213 e. The predicted molar refractivity (Wildman–Crippen MR) is 62.7 cm³/mol. The SMILES string of the molecule is CC(CN1CCOCC1)NS(=O)(=O)CCN. The van der Waals surface area contributed by atoms with Crippen LogP contribution in [0.25, 0.3) is 0 Å². The molecule has 0 bridgehead atoms. The van der Waals surface area contributed by atoms with Crippen molar-refractivity contribution < 1.29 is 13.2 Å². The van der Waals surface area contributed by atoms with Crippen LogP contribution in [0.2, 0.25) is 0 Å². The Bertz CT molecular complexity index is 288. The number of sulfonamides is 1. The molecular formula is C9H21N3O3S. The van der Waals surface area contributed by atoms with Gasteiger partial charge in [0, 0.05) is 32.2 Å². The highest BCUT2D eigenvalue weighted by Crippen LogP contribution is 1.99. The van der Waals surface area contributed by atoms with E-state index in [1.807, 2.05) is 6.92 Å². The fourth-order valence-corrected chi connectivity index (χ4v) is 2.84. The van der Waals surface area contributed by atoms with Crippen LogP contribution in [0.4, 0.5) is 0 Å². The summed E-state index contributed by atoms with van der Waals surface area (Å²) in [6.45, 7) is 5.91. The zero-order valence-corrected chi connectivity index (χ0v) is 10.5. The highest BCUT2D eigenvalue weighted by molar-refractivity contribution is 7.89. The molecule has 1 aliphatic heterocycles. The predicted octanol–water partition coefficient (Wildman–Crippen LogP) is -1.41. The lowest BCUT2D eigenvalue weighted by atomic mass is 10.3. The number of rotatable bonds is 6. The third-order valence-corrected chi connectivity index (χ3v) is 3.94. The largest absolute Gasteiger partial charge is 0.379 e. The van der Waals surface area contributed by atoms with Crippen molar-refractivity contribution in [3.8, 4) is 0 Å². The molecule has 1 heterocycles. The Balaban J connectivity index is 2.31. The molecule has 0 aromatic heterocycles. The molecule has 0 aromatic carbocycles. The minimum absolute atomic E-state index is 0.0134. The minimum Gasteiger partial charge on any atom is -0.379 e. The zero-order valence-electron chi connectivity index (χ0n) is 9.68. The fraction of sp³-hybridized carbons (Fsp3) is 1.00. The van der Waals surface area contributed by atoms with Crippen LogP contribution < -0.4 is 10.5 Å². The van der Waals surface area contributed by atoms with Gasteiger partial charge in [-0.2, -0.15) is 0 Å². The molecule has 0 aromatic rings. The molecule has 0 amide bonds. The molecule has 16 heavy (non-hydrogen) atoms. The van der Waals surface area contributed by atoms with Crippen molar-refractivity contribution in [1.82, 2.24) is 9.62 Å². The monoisotopic (exact) mass is 251 g/mol. The molecule has 1 rings (SSSR count). The van der Waals surface area contributed by atoms with Crippen LogP contribution in [0.5, 0.6) is 0 Å². The van der Waals surface area contributed by atoms with Crippen molar-refractivity contribution in [2.75, 3.05) is 45.1 Å². The molecule has 1 aliphatic rings. The normalized spacial score (nSPS) is 20.9. The number of ether oxygens (including phenoxy) is 1. The summed E-state index contributed by atoms with van der Waals surface area (Å²) in [7, 11) is -3.21. The maximum atomic E-state index is 11.4. The quantitative estimate of drug-likeness (QED) is 0.605. The van der Waals surface area contributed by atoms with Crippen LogP contribution in [0.1, 0.15) is 6.92 Å². The van der Waals surface area contributed by atoms with Crippen LogP contribution in [0.3, 0.4) is 0 Å². The van der Waals surface area contributed by atoms with Gasteiger partial charge in [0.2, 0.25) is 10.0 Å². The number of nitrogens with one attached hydrogen (secondary N) is 1. The Morgan fingerprint density at radius 2 is 2.06 bits per heavy atom. The Kier molecular flexibility index (Phi) is 5.63. The van der Waals surface area contributed by atoms with Gasteiger partial charge < -0.3 is 10.5 Å². The Morgan fingerprint density at radius 3 is 2.62 bits per heavy atom. The summed E-state index contributed by atoms with van der Waals surface area (Å²) in [4.78, 5) is 2.19. The first-order valence-corrected chi connectivity index (χ1v) is 7.19. The number of nitrogens with two attached hydrogens (primary N) is 1. The molecule has 0 spiro atoms. The van der Waals surface area contributed by atoms with Gasteiger partial charge in [-0.05, 0) is 6.92 Å². The zero-order chi connectivity index (χ0) is 12.0. The molecule has 1 unspecified atom stereocenters. The van der Waals surface area contributed by atoms with Gasteiger partial charge in [-0.1, -0.05) is 0 Å². The Labute approximate surface area is 97.2 Å². The van der Waals surface area contributed by atoms with E-state index in [4.69, 9.17) is 10.5 Å². The Hall–Kier alpha value is -0.210. The van der Waals surface area contributed by atoms with Crippen LogP contribution in [0, 0.1) is 0 Å². The van der Waals surface area contributed by atoms with E-state index in [1.54, 1.807) is 0 Å². The highest BCUT2D eigenvalue weighted by atomic mass is 32.2. The third-order valence-electron chi connectivity index (χ3n) is 2.40. The third kappa shape index (κ3) is 5.22. The first-order valence-electron chi connectivity index (χ1n) is 5.53. The summed E-state index contributed by atoms with van der Waals surface area (Å²) in [5.74, 6) is -0.0134. The van der Waals surface area contributed by atoms with E-state index in [0.717, 1.165) is 26.3 Å². The van der Waals surface area contributed by atoms with Gasteiger partial charge in [0.15, 0.2) is 0 Å². The molecule has 0 radical (unpaired) electrons.